The van der Waals surface area contributed by atoms with E-state index in [0.29, 0.717) is 35.0 Å². The molecule has 2 aromatic rings. The van der Waals surface area contributed by atoms with Crippen molar-refractivity contribution in [1.82, 2.24) is 0 Å². The third-order valence-corrected chi connectivity index (χ3v) is 6.46. The third kappa shape index (κ3) is 2.23. The fourth-order valence-electron chi connectivity index (χ4n) is 3.05. The summed E-state index contributed by atoms with van der Waals surface area (Å²) in [4.78, 5) is 0. The maximum atomic E-state index is 14.3. The lowest BCUT2D eigenvalue weighted by molar-refractivity contribution is 0.590. The van der Waals surface area contributed by atoms with Crippen molar-refractivity contribution in [3.63, 3.8) is 0 Å². The summed E-state index contributed by atoms with van der Waals surface area (Å²) >= 11 is 0. The molecule has 7 heteroatoms. The zero-order chi connectivity index (χ0) is 17.1. The normalized spacial score (nSPS) is 18.8. The Balaban J connectivity index is 1.81. The lowest BCUT2D eigenvalue weighted by Crippen LogP contribution is -2.36. The molecule has 0 unspecified atom stereocenters. The van der Waals surface area contributed by atoms with Crippen LogP contribution in [-0.4, -0.2) is 22.0 Å². The highest BCUT2D eigenvalue weighted by molar-refractivity contribution is 7.94. The largest absolute Gasteiger partial charge is 0.396 e. The number of fused-ring (bicyclic) bond motifs is 1. The zero-order valence-corrected chi connectivity index (χ0v) is 14.1. The zero-order valence-electron chi connectivity index (χ0n) is 13.2. The molecule has 24 heavy (non-hydrogen) atoms. The Hall–Kier alpha value is -2.28. The van der Waals surface area contributed by atoms with Crippen LogP contribution in [0.3, 0.4) is 0 Å². The first kappa shape index (κ1) is 15.3. The van der Waals surface area contributed by atoms with Crippen LogP contribution in [0.25, 0.3) is 11.1 Å². The monoisotopic (exact) mass is 347 g/mol. The van der Waals surface area contributed by atoms with Crippen molar-refractivity contribution in [3.8, 4) is 11.1 Å². The van der Waals surface area contributed by atoms with Gasteiger partial charge in [-0.15, -0.1) is 0 Å². The van der Waals surface area contributed by atoms with Crippen molar-refractivity contribution < 1.29 is 12.8 Å². The number of nitrogens with two attached hydrogens (primary N) is 1. The number of nitrogen functional groups attached to an aromatic ring is 1. The quantitative estimate of drug-likeness (QED) is 0.868. The summed E-state index contributed by atoms with van der Waals surface area (Å²) < 4.78 is 42.3. The Bertz CT molecular complexity index is 925. The number of benzene rings is 2. The molecule has 0 saturated heterocycles. The van der Waals surface area contributed by atoms with Gasteiger partial charge in [-0.2, -0.15) is 8.42 Å². The molecule has 1 aliphatic carbocycles. The predicted octanol–water partition coefficient (Wildman–Crippen LogP) is 2.99. The van der Waals surface area contributed by atoms with Gasteiger partial charge in [0.25, 0.3) is 0 Å². The molecule has 0 aromatic heterocycles. The minimum absolute atomic E-state index is 0.0735. The Labute approximate surface area is 140 Å². The first-order chi connectivity index (χ1) is 11.4. The van der Waals surface area contributed by atoms with Gasteiger partial charge in [-0.05, 0) is 42.5 Å². The van der Waals surface area contributed by atoms with Crippen LogP contribution in [0, 0.1) is 11.7 Å². The van der Waals surface area contributed by atoms with Gasteiger partial charge < -0.3 is 5.73 Å². The van der Waals surface area contributed by atoms with Gasteiger partial charge in [-0.3, -0.25) is 8.61 Å². The molecule has 2 aromatic carbocycles. The molecule has 2 aliphatic rings. The molecule has 2 N–H and O–H groups in total. The fraction of sp³-hybridized carbons (Fsp3) is 0.294. The molecule has 0 spiro atoms. The van der Waals surface area contributed by atoms with Crippen molar-refractivity contribution >= 4 is 27.3 Å². The summed E-state index contributed by atoms with van der Waals surface area (Å²) in [6, 6.07) is 10.0. The van der Waals surface area contributed by atoms with E-state index in [4.69, 9.17) is 5.73 Å². The maximum absolute atomic E-state index is 14.3. The van der Waals surface area contributed by atoms with Crippen LogP contribution in [0.1, 0.15) is 12.8 Å². The van der Waals surface area contributed by atoms with Gasteiger partial charge in [0.15, 0.2) is 5.82 Å². The number of halogens is 1. The van der Waals surface area contributed by atoms with Crippen molar-refractivity contribution in [2.45, 2.75) is 12.8 Å². The number of nitrogens with zero attached hydrogens (tertiary/aromatic N) is 2. The number of anilines is 3. The van der Waals surface area contributed by atoms with E-state index in [1.165, 1.54) is 21.7 Å². The van der Waals surface area contributed by atoms with E-state index in [1.807, 2.05) is 0 Å². The maximum Gasteiger partial charge on any atom is 0.326 e. The third-order valence-electron chi connectivity index (χ3n) is 4.67. The number of hydrogen-bond donors (Lipinski definition) is 1. The first-order valence-electron chi connectivity index (χ1n) is 7.84. The van der Waals surface area contributed by atoms with Crippen LogP contribution in [0.2, 0.25) is 0 Å². The first-order valence-corrected chi connectivity index (χ1v) is 9.24. The van der Waals surface area contributed by atoms with Crippen molar-refractivity contribution in [1.29, 1.82) is 0 Å². The average Bonchev–Trinajstić information content (AvgIpc) is 3.35. The van der Waals surface area contributed by atoms with Gasteiger partial charge in [0.05, 0.1) is 17.1 Å². The topological polar surface area (TPSA) is 66.6 Å². The second kappa shape index (κ2) is 5.11. The average molecular weight is 347 g/mol. The van der Waals surface area contributed by atoms with Gasteiger partial charge >= 0.3 is 10.2 Å². The molecular weight excluding hydrogens is 329 g/mol. The van der Waals surface area contributed by atoms with E-state index in [9.17, 15) is 12.8 Å². The van der Waals surface area contributed by atoms with Crippen molar-refractivity contribution in [2.24, 2.45) is 5.92 Å². The Morgan fingerprint density at radius 1 is 1.21 bits per heavy atom. The van der Waals surface area contributed by atoms with Crippen molar-refractivity contribution in [2.75, 3.05) is 27.9 Å². The molecule has 1 heterocycles. The fourth-order valence-corrected chi connectivity index (χ4v) is 4.54. The highest BCUT2D eigenvalue weighted by Gasteiger charge is 2.41. The predicted molar refractivity (Wildman–Crippen MR) is 93.6 cm³/mol. The minimum atomic E-state index is -3.55. The van der Waals surface area contributed by atoms with Crippen LogP contribution in [-0.2, 0) is 10.2 Å². The molecular formula is C17H18FN3O2S. The van der Waals surface area contributed by atoms with E-state index in [-0.39, 0.29) is 5.69 Å². The molecule has 1 fully saturated rings. The van der Waals surface area contributed by atoms with E-state index in [2.05, 4.69) is 0 Å². The van der Waals surface area contributed by atoms with Crippen LogP contribution in [0.4, 0.5) is 21.5 Å². The number of hydrogen-bond acceptors (Lipinski definition) is 3. The molecule has 0 radical (unpaired) electrons. The van der Waals surface area contributed by atoms with Crippen LogP contribution < -0.4 is 14.3 Å². The summed E-state index contributed by atoms with van der Waals surface area (Å²) in [7, 11) is -2.02. The molecule has 4 rings (SSSR count). The second-order valence-electron chi connectivity index (χ2n) is 6.36. The van der Waals surface area contributed by atoms with Gasteiger partial charge in [-0.25, -0.2) is 4.39 Å². The highest BCUT2D eigenvalue weighted by atomic mass is 32.2. The summed E-state index contributed by atoms with van der Waals surface area (Å²) in [6.07, 6.45) is 2.13. The summed E-state index contributed by atoms with van der Waals surface area (Å²) in [5.74, 6) is -0.0547. The van der Waals surface area contributed by atoms with Gasteiger partial charge in [0.1, 0.15) is 0 Å². The van der Waals surface area contributed by atoms with Gasteiger partial charge in [0.2, 0.25) is 0 Å². The smallest absolute Gasteiger partial charge is 0.326 e. The molecule has 126 valence electrons. The van der Waals surface area contributed by atoms with E-state index in [1.54, 1.807) is 30.3 Å². The van der Waals surface area contributed by atoms with E-state index in [0.717, 1.165) is 12.8 Å². The summed E-state index contributed by atoms with van der Waals surface area (Å²) in [5, 5.41) is 0. The molecule has 0 atom stereocenters. The van der Waals surface area contributed by atoms with Crippen LogP contribution in [0.5, 0.6) is 0 Å². The lowest BCUT2D eigenvalue weighted by Gasteiger charge is -2.18. The molecule has 1 saturated carbocycles. The number of rotatable bonds is 3. The highest BCUT2D eigenvalue weighted by Crippen LogP contribution is 2.44. The minimum Gasteiger partial charge on any atom is -0.396 e. The van der Waals surface area contributed by atoms with Crippen molar-refractivity contribution in [3.05, 3.63) is 42.2 Å². The standard InChI is InChI=1S/C17H18FN3O2S/c1-20-16-9-12(13-3-2-4-14(19)17(13)18)7-8-15(16)21(24(20,22)23)10-11-5-6-11/h2-4,7-9,11H,5-6,10,19H2,1H3. The Morgan fingerprint density at radius 3 is 2.67 bits per heavy atom. The summed E-state index contributed by atoms with van der Waals surface area (Å²) in [6.45, 7) is 0.506. The van der Waals surface area contributed by atoms with Gasteiger partial charge in [-0.1, -0.05) is 18.2 Å². The molecule has 0 bridgehead atoms. The van der Waals surface area contributed by atoms with Crippen LogP contribution >= 0.6 is 0 Å². The summed E-state index contributed by atoms with van der Waals surface area (Å²) in [5.41, 5.74) is 7.89. The molecule has 1 aliphatic heterocycles. The second-order valence-corrected chi connectivity index (χ2v) is 8.25. The van der Waals surface area contributed by atoms with E-state index >= 15 is 0 Å². The van der Waals surface area contributed by atoms with E-state index < -0.39 is 16.0 Å². The SMILES string of the molecule is CN1c2cc(-c3cccc(N)c3F)ccc2N(CC2CC2)S1(=O)=O. The lowest BCUT2D eigenvalue weighted by atomic mass is 10.0. The molecule has 5 nitrogen and oxygen atoms in total. The van der Waals surface area contributed by atoms with Crippen LogP contribution in [0.15, 0.2) is 36.4 Å². The Kier molecular flexibility index (Phi) is 3.25. The molecule has 0 amide bonds. The Morgan fingerprint density at radius 2 is 1.96 bits per heavy atom. The van der Waals surface area contributed by atoms with Gasteiger partial charge in [0, 0.05) is 19.2 Å².